The number of hydrogen-bond donors (Lipinski definition) is 3. The average molecular weight is 726 g/mol. The maximum Gasteiger partial charge on any atom is 0.243 e. The summed E-state index contributed by atoms with van der Waals surface area (Å²) >= 11 is 0. The van der Waals surface area contributed by atoms with Gasteiger partial charge in [0.05, 0.1) is 54.9 Å². The lowest BCUT2D eigenvalue weighted by Crippen LogP contribution is -2.49. The molecule has 8 rings (SSSR count). The predicted octanol–water partition coefficient (Wildman–Crippen LogP) is 4.39. The van der Waals surface area contributed by atoms with E-state index in [1.54, 1.807) is 6.92 Å². The fourth-order valence-corrected chi connectivity index (χ4v) is 8.28. The normalized spacial score (nSPS) is 24.2. The number of anilines is 1. The summed E-state index contributed by atoms with van der Waals surface area (Å²) in [7, 11) is 0. The Bertz CT molecular complexity index is 2180. The zero-order chi connectivity index (χ0) is 37.1. The van der Waals surface area contributed by atoms with Crippen LogP contribution in [0, 0.1) is 29.4 Å². The van der Waals surface area contributed by atoms with Crippen molar-refractivity contribution in [2.75, 3.05) is 64.1 Å². The Morgan fingerprint density at radius 2 is 1.96 bits per heavy atom. The molecule has 4 aromatic rings. The molecule has 0 bridgehead atoms. The highest BCUT2D eigenvalue weighted by Gasteiger charge is 2.56. The summed E-state index contributed by atoms with van der Waals surface area (Å²) in [6.45, 7) is 10.1. The summed E-state index contributed by atoms with van der Waals surface area (Å²) in [5, 5.41) is 26.9. The number of phenolic OH excluding ortho intramolecular Hbond substituents is 1. The Morgan fingerprint density at radius 1 is 1.19 bits per heavy atom. The largest absolute Gasteiger partial charge is 0.508 e. The van der Waals surface area contributed by atoms with Crippen LogP contribution in [0.5, 0.6) is 11.6 Å². The van der Waals surface area contributed by atoms with Crippen molar-refractivity contribution >= 4 is 33.3 Å². The highest BCUT2D eigenvalue weighted by molar-refractivity contribution is 6.03. The molecule has 3 N–H and O–H groups in total. The molecular formula is C40H41F2N5O6. The molecule has 5 heterocycles. The van der Waals surface area contributed by atoms with Crippen molar-refractivity contribution in [3.8, 4) is 35.2 Å². The molecule has 0 unspecified atom stereocenters. The van der Waals surface area contributed by atoms with Crippen LogP contribution < -0.4 is 15.0 Å². The number of halogens is 2. The first kappa shape index (κ1) is 35.2. The molecule has 3 aliphatic heterocycles. The van der Waals surface area contributed by atoms with E-state index >= 15 is 8.78 Å². The van der Waals surface area contributed by atoms with Crippen LogP contribution in [0.3, 0.4) is 0 Å². The number of aromatic hydroxyl groups is 1. The SMILES string of the molecule is C#Cc1c(F)ccc2cc(O)cc(-c3ncc4c(N5CCOC[C@H](NC(=O)C=C)C5)c5c(nc4c3F)O[C@@H](C3(CN4CCOCC4)CC3)C[C@]5(C)O)c12. The summed E-state index contributed by atoms with van der Waals surface area (Å²) in [4.78, 5) is 26.0. The molecule has 3 fully saturated rings. The lowest BCUT2D eigenvalue weighted by atomic mass is 9.80. The summed E-state index contributed by atoms with van der Waals surface area (Å²) in [5.41, 5.74) is -1.09. The van der Waals surface area contributed by atoms with E-state index in [1.807, 2.05) is 4.90 Å². The van der Waals surface area contributed by atoms with Gasteiger partial charge in [0.1, 0.15) is 28.9 Å². The first-order valence-electron chi connectivity index (χ1n) is 17.9. The van der Waals surface area contributed by atoms with E-state index in [4.69, 9.17) is 25.6 Å². The Balaban J connectivity index is 1.32. The lowest BCUT2D eigenvalue weighted by molar-refractivity contribution is -0.117. The van der Waals surface area contributed by atoms with Gasteiger partial charge < -0.3 is 34.6 Å². The number of morpholine rings is 1. The number of fused-ring (bicyclic) bond motifs is 3. The molecular weight excluding hydrogens is 684 g/mol. The van der Waals surface area contributed by atoms with Gasteiger partial charge in [0.25, 0.3) is 0 Å². The van der Waals surface area contributed by atoms with Crippen LogP contribution in [0.15, 0.2) is 43.1 Å². The monoisotopic (exact) mass is 725 g/mol. The Hall–Kier alpha value is -4.87. The van der Waals surface area contributed by atoms with E-state index in [0.717, 1.165) is 32.5 Å². The topological polar surface area (TPSA) is 130 Å². The van der Waals surface area contributed by atoms with Gasteiger partial charge in [0.2, 0.25) is 11.8 Å². The zero-order valence-corrected chi connectivity index (χ0v) is 29.5. The number of rotatable bonds is 7. The molecule has 1 saturated carbocycles. The average Bonchev–Trinajstić information content (AvgIpc) is 3.96. The van der Waals surface area contributed by atoms with Gasteiger partial charge in [-0.05, 0) is 49.4 Å². The number of nitrogens with zero attached hydrogens (tertiary/aromatic N) is 4. The van der Waals surface area contributed by atoms with E-state index in [9.17, 15) is 15.0 Å². The van der Waals surface area contributed by atoms with Crippen molar-refractivity contribution in [1.29, 1.82) is 0 Å². The van der Waals surface area contributed by atoms with Gasteiger partial charge in [-0.3, -0.25) is 14.7 Å². The second-order valence-corrected chi connectivity index (χ2v) is 14.7. The van der Waals surface area contributed by atoms with Crippen LogP contribution in [0.4, 0.5) is 14.5 Å². The van der Waals surface area contributed by atoms with Gasteiger partial charge >= 0.3 is 0 Å². The Kier molecular flexibility index (Phi) is 8.97. The molecule has 2 aromatic heterocycles. The van der Waals surface area contributed by atoms with Crippen molar-refractivity contribution in [3.63, 3.8) is 0 Å². The Labute approximate surface area is 305 Å². The fourth-order valence-electron chi connectivity index (χ4n) is 8.28. The maximum absolute atomic E-state index is 17.3. The van der Waals surface area contributed by atoms with Crippen LogP contribution in [-0.4, -0.2) is 102 Å². The van der Waals surface area contributed by atoms with Crippen molar-refractivity contribution in [1.82, 2.24) is 20.2 Å². The summed E-state index contributed by atoms with van der Waals surface area (Å²) in [5.74, 6) is 0.416. The van der Waals surface area contributed by atoms with E-state index in [2.05, 4.69) is 27.7 Å². The van der Waals surface area contributed by atoms with Crippen molar-refractivity contribution in [2.45, 2.75) is 43.9 Å². The summed E-state index contributed by atoms with van der Waals surface area (Å²) in [6.07, 6.45) is 10.1. The number of amides is 1. The fraction of sp³-hybridized carbons (Fsp3) is 0.425. The minimum Gasteiger partial charge on any atom is -0.508 e. The number of phenols is 1. The van der Waals surface area contributed by atoms with Crippen LogP contribution >= 0.6 is 0 Å². The minimum absolute atomic E-state index is 0.0905. The molecule has 2 aromatic carbocycles. The predicted molar refractivity (Wildman–Crippen MR) is 195 cm³/mol. The number of carbonyl (C=O) groups excluding carboxylic acids is 1. The van der Waals surface area contributed by atoms with Crippen LogP contribution in [0.1, 0.15) is 37.3 Å². The van der Waals surface area contributed by atoms with E-state index in [1.165, 1.54) is 36.5 Å². The molecule has 13 heteroatoms. The molecule has 276 valence electrons. The number of ether oxygens (including phenoxy) is 3. The minimum atomic E-state index is -1.45. The third-order valence-corrected chi connectivity index (χ3v) is 11.1. The highest BCUT2D eigenvalue weighted by Crippen LogP contribution is 2.57. The van der Waals surface area contributed by atoms with Gasteiger partial charge in [-0.25, -0.2) is 13.8 Å². The first-order chi connectivity index (χ1) is 25.5. The van der Waals surface area contributed by atoms with Gasteiger partial charge in [-0.15, -0.1) is 6.42 Å². The van der Waals surface area contributed by atoms with Crippen LogP contribution in [-0.2, 0) is 19.9 Å². The summed E-state index contributed by atoms with van der Waals surface area (Å²) in [6, 6.07) is 4.93. The number of hydrogen-bond acceptors (Lipinski definition) is 10. The number of pyridine rings is 2. The van der Waals surface area contributed by atoms with Crippen molar-refractivity contribution in [3.05, 3.63) is 65.9 Å². The van der Waals surface area contributed by atoms with Crippen LogP contribution in [0.25, 0.3) is 32.9 Å². The quantitative estimate of drug-likeness (QED) is 0.186. The Morgan fingerprint density at radius 3 is 2.70 bits per heavy atom. The van der Waals surface area contributed by atoms with E-state index < -0.39 is 29.4 Å². The number of aliphatic hydroxyl groups is 1. The highest BCUT2D eigenvalue weighted by atomic mass is 19.1. The van der Waals surface area contributed by atoms with Gasteiger partial charge in [-0.1, -0.05) is 18.6 Å². The van der Waals surface area contributed by atoms with Gasteiger partial charge in [-0.2, -0.15) is 0 Å². The number of aromatic nitrogens is 2. The molecule has 1 aliphatic carbocycles. The van der Waals surface area contributed by atoms with Gasteiger partial charge in [0.15, 0.2) is 5.82 Å². The number of benzene rings is 2. The molecule has 53 heavy (non-hydrogen) atoms. The molecule has 1 amide bonds. The lowest BCUT2D eigenvalue weighted by Gasteiger charge is -2.43. The number of terminal acetylenes is 1. The number of nitrogens with one attached hydrogen (secondary N) is 1. The molecule has 2 saturated heterocycles. The molecule has 3 atom stereocenters. The second kappa shape index (κ2) is 13.5. The molecule has 4 aliphatic rings. The third-order valence-electron chi connectivity index (χ3n) is 11.1. The standard InChI is InChI=1S/C40H41F2N5O6/c1-4-26-29(41)7-6-23-16-25(48)17-27(32(23)26)35-34(42)36-28(19-43-35)37(47-12-15-52-21-24(20-47)44-31(49)5-2)33-38(45-36)53-30(18-39(33,3)50)40(8-9-40)22-46-10-13-51-14-11-46/h1,5-7,16-17,19,24,30,48,50H,2,8-15,18,20-22H2,3H3,(H,44,49)/t24-,30-,39+/m1/s1. The maximum atomic E-state index is 17.3. The van der Waals surface area contributed by atoms with Crippen molar-refractivity contribution in [2.24, 2.45) is 5.41 Å². The molecule has 0 spiro atoms. The zero-order valence-electron chi connectivity index (χ0n) is 29.5. The van der Waals surface area contributed by atoms with E-state index in [-0.39, 0.29) is 76.9 Å². The molecule has 0 radical (unpaired) electrons. The summed E-state index contributed by atoms with van der Waals surface area (Å²) < 4.78 is 50.5. The third kappa shape index (κ3) is 6.33. The first-order valence-corrected chi connectivity index (χ1v) is 17.9. The van der Waals surface area contributed by atoms with Crippen molar-refractivity contribution < 1.29 is 38.0 Å². The van der Waals surface area contributed by atoms with Gasteiger partial charge in [0, 0.05) is 67.1 Å². The number of carbonyl (C=O) groups is 1. The smallest absolute Gasteiger partial charge is 0.243 e. The second-order valence-electron chi connectivity index (χ2n) is 14.7. The molecule has 11 nitrogen and oxygen atoms in total. The van der Waals surface area contributed by atoms with E-state index in [0.29, 0.717) is 41.8 Å². The van der Waals surface area contributed by atoms with Crippen LogP contribution in [0.2, 0.25) is 0 Å².